The van der Waals surface area contributed by atoms with Crippen LogP contribution in [0.15, 0.2) is 36.4 Å². The van der Waals surface area contributed by atoms with Gasteiger partial charge in [0.2, 0.25) is 0 Å². The molecule has 1 fully saturated rings. The van der Waals surface area contributed by atoms with E-state index in [1.807, 2.05) is 0 Å². The molecule has 2 aromatic carbocycles. The normalized spacial score (nSPS) is 14.4. The third-order valence-corrected chi connectivity index (χ3v) is 5.25. The Kier molecular flexibility index (Phi) is 6.28. The van der Waals surface area contributed by atoms with E-state index in [4.69, 9.17) is 58.6 Å². The summed E-state index contributed by atoms with van der Waals surface area (Å²) in [6, 6.07) is 9.11. The Morgan fingerprint density at radius 3 is 1.37 bits per heavy atom. The highest BCUT2D eigenvalue weighted by atomic mass is 35.5. The van der Waals surface area contributed by atoms with E-state index in [9.17, 15) is 9.59 Å². The monoisotopic (exact) mass is 460 g/mol. The first-order valence-corrected chi connectivity index (χ1v) is 9.78. The molecule has 0 unspecified atom stereocenters. The quantitative estimate of drug-likeness (QED) is 0.548. The summed E-state index contributed by atoms with van der Waals surface area (Å²) < 4.78 is 0. The van der Waals surface area contributed by atoms with E-state index in [0.29, 0.717) is 50.7 Å². The number of hydrogen-bond donors (Lipinski definition) is 0. The number of nitrogens with zero attached hydrogens (tertiary/aromatic N) is 2. The van der Waals surface area contributed by atoms with Crippen LogP contribution in [0, 0.1) is 0 Å². The molecule has 0 aliphatic carbocycles. The van der Waals surface area contributed by atoms with Crippen molar-refractivity contribution in [3.63, 3.8) is 0 Å². The van der Waals surface area contributed by atoms with E-state index in [0.717, 1.165) is 0 Å². The molecule has 27 heavy (non-hydrogen) atoms. The largest absolute Gasteiger partial charge is 0.285 e. The van der Waals surface area contributed by atoms with Gasteiger partial charge < -0.3 is 0 Å². The zero-order valence-corrected chi connectivity index (χ0v) is 17.6. The lowest BCUT2D eigenvalue weighted by Crippen LogP contribution is -2.53. The van der Waals surface area contributed by atoms with Crippen LogP contribution >= 0.6 is 58.6 Å². The van der Waals surface area contributed by atoms with Gasteiger partial charge in [-0.25, -0.2) is 0 Å². The topological polar surface area (TPSA) is 40.6 Å². The first-order valence-electron chi connectivity index (χ1n) is 7.86. The predicted molar refractivity (Wildman–Crippen MR) is 112 cm³/mol. The van der Waals surface area contributed by atoms with Gasteiger partial charge in [-0.3, -0.25) is 19.4 Å². The Morgan fingerprint density at radius 2 is 1.04 bits per heavy atom. The van der Waals surface area contributed by atoms with Crippen molar-refractivity contribution in [3.05, 3.63) is 67.6 Å². The first kappa shape index (κ1) is 20.4. The number of benzene rings is 2. The van der Waals surface area contributed by atoms with Crippen LogP contribution < -0.4 is 0 Å². The lowest BCUT2D eigenvalue weighted by molar-refractivity contribution is 0.0746. The Hall–Kier alpha value is -1.37. The SMILES string of the molecule is O=C(c1cc(Cl)cc(Cl)c1)N1CCCN(C(=O)c2cc(Cl)cc(Cl)c2)C1=S. The number of rotatable bonds is 2. The van der Waals surface area contributed by atoms with Crippen LogP contribution in [0.1, 0.15) is 27.1 Å². The molecule has 0 spiro atoms. The fourth-order valence-electron chi connectivity index (χ4n) is 2.77. The third kappa shape index (κ3) is 4.55. The fourth-order valence-corrected chi connectivity index (χ4v) is 4.17. The molecule has 4 nitrogen and oxygen atoms in total. The Balaban J connectivity index is 1.87. The van der Waals surface area contributed by atoms with Crippen molar-refractivity contribution in [1.29, 1.82) is 0 Å². The summed E-state index contributed by atoms with van der Waals surface area (Å²) in [5, 5.41) is 1.49. The van der Waals surface area contributed by atoms with Gasteiger partial charge in [0.25, 0.3) is 11.8 Å². The summed E-state index contributed by atoms with van der Waals surface area (Å²) in [6.07, 6.45) is 0.570. The van der Waals surface area contributed by atoms with E-state index in [2.05, 4.69) is 0 Å². The molecule has 0 saturated carbocycles. The highest BCUT2D eigenvalue weighted by Crippen LogP contribution is 2.24. The predicted octanol–water partition coefficient (Wildman–Crippen LogP) is 5.57. The number of carbonyl (C=O) groups is 2. The van der Waals surface area contributed by atoms with Crippen LogP contribution in [0.4, 0.5) is 0 Å². The number of amides is 2. The van der Waals surface area contributed by atoms with Gasteiger partial charge in [0, 0.05) is 44.3 Å². The van der Waals surface area contributed by atoms with Crippen LogP contribution in [-0.2, 0) is 0 Å². The maximum atomic E-state index is 12.9. The summed E-state index contributed by atoms with van der Waals surface area (Å²) >= 11 is 29.3. The lowest BCUT2D eigenvalue weighted by Gasteiger charge is -2.36. The number of halogens is 4. The molecule has 140 valence electrons. The fraction of sp³-hybridized carbons (Fsp3) is 0.167. The molecule has 0 radical (unpaired) electrons. The molecule has 3 rings (SSSR count). The second kappa shape index (κ2) is 8.33. The molecule has 1 saturated heterocycles. The summed E-state index contributed by atoms with van der Waals surface area (Å²) in [6.45, 7) is 0.782. The molecule has 0 bridgehead atoms. The Labute approximate surface area is 181 Å². The Morgan fingerprint density at radius 1 is 0.704 bits per heavy atom. The van der Waals surface area contributed by atoms with Crippen LogP contribution in [0.5, 0.6) is 0 Å². The van der Waals surface area contributed by atoms with Crippen LogP contribution in [0.2, 0.25) is 20.1 Å². The molecule has 0 N–H and O–H groups in total. The van der Waals surface area contributed by atoms with Gasteiger partial charge in [-0.1, -0.05) is 46.4 Å². The molecule has 1 aliphatic rings. The van der Waals surface area contributed by atoms with Crippen molar-refractivity contribution < 1.29 is 9.59 Å². The first-order chi connectivity index (χ1) is 12.8. The Bertz CT molecular complexity index is 837. The molecule has 2 aromatic rings. The number of thiocarbonyl (C=S) groups is 1. The van der Waals surface area contributed by atoms with Crippen molar-refractivity contribution in [2.45, 2.75) is 6.42 Å². The minimum atomic E-state index is -0.369. The van der Waals surface area contributed by atoms with E-state index in [1.54, 1.807) is 0 Å². The molecule has 2 amide bonds. The van der Waals surface area contributed by atoms with Gasteiger partial charge in [-0.2, -0.15) is 0 Å². The van der Waals surface area contributed by atoms with Crippen LogP contribution in [0.3, 0.4) is 0 Å². The maximum absolute atomic E-state index is 12.9. The van der Waals surface area contributed by atoms with Gasteiger partial charge in [0.1, 0.15) is 0 Å². The maximum Gasteiger partial charge on any atom is 0.260 e. The van der Waals surface area contributed by atoms with Crippen LogP contribution in [0.25, 0.3) is 0 Å². The summed E-state index contributed by atoms with van der Waals surface area (Å²) in [5.41, 5.74) is 0.602. The highest BCUT2D eigenvalue weighted by molar-refractivity contribution is 7.80. The number of hydrogen-bond acceptors (Lipinski definition) is 3. The second-order valence-electron chi connectivity index (χ2n) is 5.87. The summed E-state index contributed by atoms with van der Waals surface area (Å²) in [7, 11) is 0. The third-order valence-electron chi connectivity index (χ3n) is 3.93. The van der Waals surface area contributed by atoms with Crippen molar-refractivity contribution in [2.75, 3.05) is 13.1 Å². The minimum absolute atomic E-state index is 0.114. The standard InChI is InChI=1S/C18H12Cl4N2O2S/c19-12-4-10(5-13(20)8-12)16(25)23-2-1-3-24(18(23)27)17(26)11-6-14(21)9-15(22)7-11/h4-9H,1-3H2. The van der Waals surface area contributed by atoms with Crippen molar-refractivity contribution in [3.8, 4) is 0 Å². The molecular formula is C18H12Cl4N2O2S. The molecule has 1 aliphatic heterocycles. The molecule has 0 aromatic heterocycles. The summed E-state index contributed by atoms with van der Waals surface area (Å²) in [4.78, 5) is 28.5. The minimum Gasteiger partial charge on any atom is -0.285 e. The lowest BCUT2D eigenvalue weighted by atomic mass is 10.1. The van der Waals surface area contributed by atoms with Gasteiger partial charge >= 0.3 is 0 Å². The van der Waals surface area contributed by atoms with E-state index < -0.39 is 0 Å². The van der Waals surface area contributed by atoms with Crippen LogP contribution in [-0.4, -0.2) is 39.8 Å². The number of carbonyl (C=O) groups excluding carboxylic acids is 2. The molecular weight excluding hydrogens is 450 g/mol. The zero-order valence-electron chi connectivity index (χ0n) is 13.7. The second-order valence-corrected chi connectivity index (χ2v) is 7.98. The zero-order chi connectivity index (χ0) is 19.7. The van der Waals surface area contributed by atoms with Crippen molar-refractivity contribution in [1.82, 2.24) is 9.80 Å². The van der Waals surface area contributed by atoms with Gasteiger partial charge in [-0.05, 0) is 55.0 Å². The van der Waals surface area contributed by atoms with Gasteiger partial charge in [-0.15, -0.1) is 0 Å². The average Bonchev–Trinajstić information content (AvgIpc) is 2.59. The molecule has 1 heterocycles. The summed E-state index contributed by atoms with van der Waals surface area (Å²) in [5.74, 6) is -0.739. The van der Waals surface area contributed by atoms with Gasteiger partial charge in [0.15, 0.2) is 5.11 Å². The molecule has 9 heteroatoms. The highest BCUT2D eigenvalue weighted by Gasteiger charge is 2.32. The van der Waals surface area contributed by atoms with E-state index in [-0.39, 0.29) is 16.9 Å². The van der Waals surface area contributed by atoms with Crippen molar-refractivity contribution >= 4 is 75.5 Å². The van der Waals surface area contributed by atoms with Gasteiger partial charge in [0.05, 0.1) is 0 Å². The smallest absolute Gasteiger partial charge is 0.260 e. The van der Waals surface area contributed by atoms with E-state index in [1.165, 1.54) is 46.2 Å². The van der Waals surface area contributed by atoms with E-state index >= 15 is 0 Å². The van der Waals surface area contributed by atoms with Crippen molar-refractivity contribution in [2.24, 2.45) is 0 Å². The molecule has 0 atom stereocenters. The average molecular weight is 462 g/mol.